The number of hydrogen-bond donors (Lipinski definition) is 2. The normalized spacial score (nSPS) is 10.6. The number of hydrogen-bond acceptors (Lipinski definition) is 5. The fourth-order valence-electron chi connectivity index (χ4n) is 2.23. The molecule has 0 fully saturated rings. The Labute approximate surface area is 168 Å². The molecule has 0 radical (unpaired) electrons. The van der Waals surface area contributed by atoms with Crippen LogP contribution in [0.15, 0.2) is 41.5 Å². The Morgan fingerprint density at radius 3 is 2.54 bits per heavy atom. The summed E-state index contributed by atoms with van der Waals surface area (Å²) >= 11 is 6.29. The van der Waals surface area contributed by atoms with E-state index in [-0.39, 0.29) is 29.2 Å². The third-order valence-electron chi connectivity index (χ3n) is 3.45. The van der Waals surface area contributed by atoms with Gasteiger partial charge < -0.3 is 14.8 Å². The number of hydrazone groups is 1. The molecule has 0 saturated heterocycles. The minimum atomic E-state index is -0.321. The summed E-state index contributed by atoms with van der Waals surface area (Å²) in [6.45, 7) is 5.30. The molecule has 7 nitrogen and oxygen atoms in total. The van der Waals surface area contributed by atoms with Gasteiger partial charge >= 0.3 is 0 Å². The summed E-state index contributed by atoms with van der Waals surface area (Å²) in [5.74, 6) is 0.0345. The summed E-state index contributed by atoms with van der Waals surface area (Å²) in [7, 11) is 0. The number of amides is 2. The molecule has 0 atom stereocenters. The lowest BCUT2D eigenvalue weighted by atomic mass is 10.2. The van der Waals surface area contributed by atoms with E-state index in [9.17, 15) is 9.59 Å². The van der Waals surface area contributed by atoms with Gasteiger partial charge in [-0.15, -0.1) is 0 Å². The summed E-state index contributed by atoms with van der Waals surface area (Å²) < 4.78 is 11.2. The third kappa shape index (κ3) is 6.59. The van der Waals surface area contributed by atoms with Crippen molar-refractivity contribution in [2.24, 2.45) is 5.10 Å². The van der Waals surface area contributed by atoms with E-state index in [1.807, 2.05) is 38.1 Å². The van der Waals surface area contributed by atoms with Gasteiger partial charge in [0.2, 0.25) is 5.91 Å². The first kappa shape index (κ1) is 21.2. The van der Waals surface area contributed by atoms with Crippen LogP contribution in [0.5, 0.6) is 11.5 Å². The van der Waals surface area contributed by atoms with E-state index in [1.165, 1.54) is 13.1 Å². The van der Waals surface area contributed by atoms with Gasteiger partial charge in [-0.1, -0.05) is 29.3 Å². The highest BCUT2D eigenvalue weighted by atomic mass is 35.5. The zero-order chi connectivity index (χ0) is 20.5. The van der Waals surface area contributed by atoms with Crippen molar-refractivity contribution >= 4 is 35.3 Å². The first-order chi connectivity index (χ1) is 13.4. The van der Waals surface area contributed by atoms with Crippen molar-refractivity contribution in [1.82, 2.24) is 5.43 Å². The second-order valence-corrected chi connectivity index (χ2v) is 6.30. The van der Waals surface area contributed by atoms with Gasteiger partial charge in [-0.3, -0.25) is 9.59 Å². The van der Waals surface area contributed by atoms with Crippen molar-refractivity contribution in [2.45, 2.75) is 20.8 Å². The van der Waals surface area contributed by atoms with Crippen LogP contribution in [-0.4, -0.2) is 31.2 Å². The summed E-state index contributed by atoms with van der Waals surface area (Å²) in [5.41, 5.74) is 4.70. The van der Waals surface area contributed by atoms with Crippen molar-refractivity contribution in [3.63, 3.8) is 0 Å². The Kier molecular flexibility index (Phi) is 7.83. The van der Waals surface area contributed by atoms with Gasteiger partial charge in [0.05, 0.1) is 17.8 Å². The molecule has 0 aromatic heterocycles. The number of carbonyl (C=O) groups is 2. The lowest BCUT2D eigenvalue weighted by Crippen LogP contribution is -2.20. The Bertz CT molecular complexity index is 866. The molecule has 0 saturated carbocycles. The average Bonchev–Trinajstić information content (AvgIpc) is 2.63. The molecule has 2 N–H and O–H groups in total. The summed E-state index contributed by atoms with van der Waals surface area (Å²) in [6.07, 6.45) is 1.43. The Morgan fingerprint density at radius 1 is 1.18 bits per heavy atom. The molecule has 2 amide bonds. The first-order valence-electron chi connectivity index (χ1n) is 8.64. The molecule has 0 bridgehead atoms. The second kappa shape index (κ2) is 10.3. The number of carbonyl (C=O) groups excluding carboxylic acids is 2. The highest BCUT2D eigenvalue weighted by Gasteiger charge is 2.14. The van der Waals surface area contributed by atoms with E-state index < -0.39 is 0 Å². The summed E-state index contributed by atoms with van der Waals surface area (Å²) in [6, 6.07) is 10.7. The number of aryl methyl sites for hydroxylation is 1. The maximum Gasteiger partial charge on any atom is 0.262 e. The smallest absolute Gasteiger partial charge is 0.262 e. The van der Waals surface area contributed by atoms with Crippen LogP contribution in [0.2, 0.25) is 5.02 Å². The number of nitrogens with one attached hydrogen (secondary N) is 2. The largest absolute Gasteiger partial charge is 0.490 e. The van der Waals surface area contributed by atoms with Gasteiger partial charge in [-0.05, 0) is 43.7 Å². The van der Waals surface area contributed by atoms with Crippen molar-refractivity contribution < 1.29 is 19.1 Å². The minimum absolute atomic E-state index is 0.229. The first-order valence-corrected chi connectivity index (χ1v) is 9.02. The lowest BCUT2D eigenvalue weighted by molar-refractivity contribution is -0.119. The minimum Gasteiger partial charge on any atom is -0.490 e. The predicted molar refractivity (Wildman–Crippen MR) is 109 cm³/mol. The number of benzene rings is 2. The molecule has 0 spiro atoms. The van der Waals surface area contributed by atoms with Gasteiger partial charge in [0.1, 0.15) is 0 Å². The molecule has 148 valence electrons. The van der Waals surface area contributed by atoms with E-state index in [1.54, 1.807) is 12.1 Å². The van der Waals surface area contributed by atoms with Crippen LogP contribution >= 0.6 is 11.6 Å². The predicted octanol–water partition coefficient (Wildman–Crippen LogP) is 3.53. The lowest BCUT2D eigenvalue weighted by Gasteiger charge is -2.14. The molecule has 0 heterocycles. The Morgan fingerprint density at radius 2 is 1.89 bits per heavy atom. The average molecular weight is 404 g/mol. The molecule has 2 rings (SSSR count). The fourth-order valence-corrected chi connectivity index (χ4v) is 2.51. The molecular formula is C20H22ClN3O4. The van der Waals surface area contributed by atoms with Crippen LogP contribution in [0.1, 0.15) is 25.0 Å². The topological polar surface area (TPSA) is 89.0 Å². The molecule has 8 heteroatoms. The van der Waals surface area contributed by atoms with Crippen molar-refractivity contribution in [3.05, 3.63) is 52.5 Å². The van der Waals surface area contributed by atoms with Gasteiger partial charge in [-0.25, -0.2) is 5.43 Å². The standard InChI is InChI=1S/C20H22ClN3O4/c1-4-27-18-10-15(11-22-24-14(3)25)9-17(21)20(18)28-12-19(26)23-16-7-5-13(2)6-8-16/h5-11H,4,12H2,1-3H3,(H,23,26)(H,24,25)/b22-11-. The number of anilines is 1. The molecular weight excluding hydrogens is 382 g/mol. The van der Waals surface area contributed by atoms with Gasteiger partial charge in [0, 0.05) is 12.6 Å². The molecule has 0 aliphatic heterocycles. The monoisotopic (exact) mass is 403 g/mol. The zero-order valence-electron chi connectivity index (χ0n) is 15.9. The van der Waals surface area contributed by atoms with Crippen molar-refractivity contribution in [2.75, 3.05) is 18.5 Å². The van der Waals surface area contributed by atoms with E-state index in [0.29, 0.717) is 23.6 Å². The van der Waals surface area contributed by atoms with Crippen LogP contribution in [-0.2, 0) is 9.59 Å². The van der Waals surface area contributed by atoms with E-state index >= 15 is 0 Å². The maximum absolute atomic E-state index is 12.1. The third-order valence-corrected chi connectivity index (χ3v) is 3.73. The van der Waals surface area contributed by atoms with Crippen LogP contribution in [0.4, 0.5) is 5.69 Å². The molecule has 28 heavy (non-hydrogen) atoms. The zero-order valence-corrected chi connectivity index (χ0v) is 16.7. The second-order valence-electron chi connectivity index (χ2n) is 5.89. The Hall–Kier alpha value is -3.06. The number of ether oxygens (including phenoxy) is 2. The van der Waals surface area contributed by atoms with Crippen LogP contribution < -0.4 is 20.2 Å². The summed E-state index contributed by atoms with van der Waals surface area (Å²) in [4.78, 5) is 23.0. The highest BCUT2D eigenvalue weighted by molar-refractivity contribution is 6.32. The van der Waals surface area contributed by atoms with Gasteiger partial charge in [0.15, 0.2) is 18.1 Å². The van der Waals surface area contributed by atoms with Crippen LogP contribution in [0, 0.1) is 6.92 Å². The van der Waals surface area contributed by atoms with Crippen molar-refractivity contribution in [3.8, 4) is 11.5 Å². The van der Waals surface area contributed by atoms with E-state index in [2.05, 4.69) is 15.8 Å². The van der Waals surface area contributed by atoms with Crippen molar-refractivity contribution in [1.29, 1.82) is 0 Å². The number of halogens is 1. The van der Waals surface area contributed by atoms with Gasteiger partial charge in [0.25, 0.3) is 5.91 Å². The summed E-state index contributed by atoms with van der Waals surface area (Å²) in [5, 5.41) is 6.81. The molecule has 2 aromatic carbocycles. The van der Waals surface area contributed by atoms with E-state index in [0.717, 1.165) is 5.56 Å². The molecule has 2 aromatic rings. The highest BCUT2D eigenvalue weighted by Crippen LogP contribution is 2.36. The fraction of sp³-hybridized carbons (Fsp3) is 0.250. The quantitative estimate of drug-likeness (QED) is 0.521. The van der Waals surface area contributed by atoms with Gasteiger partial charge in [-0.2, -0.15) is 5.10 Å². The molecule has 0 aliphatic carbocycles. The Balaban J connectivity index is 2.08. The SMILES string of the molecule is CCOc1cc(/C=N\NC(C)=O)cc(Cl)c1OCC(=O)Nc1ccc(C)cc1. The van der Waals surface area contributed by atoms with Crippen LogP contribution in [0.25, 0.3) is 0 Å². The molecule has 0 aliphatic rings. The van der Waals surface area contributed by atoms with E-state index in [4.69, 9.17) is 21.1 Å². The molecule has 0 unspecified atom stereocenters. The van der Waals surface area contributed by atoms with Crippen LogP contribution in [0.3, 0.4) is 0 Å². The number of nitrogens with zero attached hydrogens (tertiary/aromatic N) is 1. The maximum atomic E-state index is 12.1. The number of rotatable bonds is 8.